The van der Waals surface area contributed by atoms with E-state index in [0.717, 1.165) is 122 Å². The Kier molecular flexibility index (Phi) is 50.4. The summed E-state index contributed by atoms with van der Waals surface area (Å²) in [7, 11) is -9.53. The van der Waals surface area contributed by atoms with Crippen LogP contribution in [0.1, 0.15) is 291 Å². The number of aliphatic hydroxyl groups is 4. The number of phosphoric ester groups is 2. The Morgan fingerprint density at radius 1 is 0.462 bits per heavy atom. The van der Waals surface area contributed by atoms with Gasteiger partial charge >= 0.3 is 21.6 Å². The molecule has 2 aliphatic rings. The molecule has 2 heterocycles. The molecule has 9 N–H and O–H groups in total. The number of rotatable bonds is 60. The van der Waals surface area contributed by atoms with E-state index >= 15 is 0 Å². The summed E-state index contributed by atoms with van der Waals surface area (Å²) < 4.78 is 78.6. The Hall–Kier alpha value is -1.50. The van der Waals surface area contributed by atoms with E-state index in [1.54, 1.807) is 0 Å². The van der Waals surface area contributed by atoms with Gasteiger partial charge in [-0.2, -0.15) is 0 Å². The largest absolute Gasteiger partial charge is 0.472 e. The number of hydrogen-bond acceptors (Lipinski definition) is 17. The van der Waals surface area contributed by atoms with Gasteiger partial charge < -0.3 is 78.5 Å². The van der Waals surface area contributed by atoms with Gasteiger partial charge in [0.05, 0.1) is 44.4 Å². The van der Waals surface area contributed by atoms with E-state index in [0.29, 0.717) is 25.7 Å². The Morgan fingerprint density at radius 2 is 0.890 bits per heavy atom. The molecule has 0 unspecified atom stereocenters. The molecule has 13 atom stereocenters. The Balaban J connectivity index is 2.46. The number of allylic oxidation sites excluding steroid dienone is 2. The van der Waals surface area contributed by atoms with Crippen molar-refractivity contribution in [3.8, 4) is 0 Å². The molecule has 1 amide bonds. The van der Waals surface area contributed by atoms with Crippen molar-refractivity contribution < 1.29 is 101 Å². The van der Waals surface area contributed by atoms with Crippen LogP contribution < -0.4 is 5.32 Å². The van der Waals surface area contributed by atoms with Gasteiger partial charge in [0.15, 0.2) is 18.7 Å². The second kappa shape index (κ2) is 53.5. The van der Waals surface area contributed by atoms with Crippen LogP contribution in [0.15, 0.2) is 12.2 Å². The van der Waals surface area contributed by atoms with Crippen LogP contribution in [0, 0.1) is 0 Å². The molecule has 0 bridgehead atoms. The number of esters is 1. The number of carbonyl (C=O) groups excluding carboxylic acids is 2. The zero-order valence-electron chi connectivity index (χ0n) is 56.8. The minimum absolute atomic E-state index is 0.110. The fourth-order valence-corrected chi connectivity index (χ4v) is 12.9. The molecule has 538 valence electrons. The highest BCUT2D eigenvalue weighted by molar-refractivity contribution is 7.46. The average molecular weight is 1350 g/mol. The lowest BCUT2D eigenvalue weighted by Gasteiger charge is -2.47. The number of amides is 1. The molecule has 0 radical (unpaired) electrons. The first kappa shape index (κ1) is 85.6. The fourth-order valence-electron chi connectivity index (χ4n) is 11.8. The summed E-state index contributed by atoms with van der Waals surface area (Å²) in [5.41, 5.74) is 0. The highest BCUT2D eigenvalue weighted by atomic mass is 31.2. The normalized spacial score (nSPS) is 23.4. The first-order valence-electron chi connectivity index (χ1n) is 35.8. The zero-order chi connectivity index (χ0) is 67.0. The lowest BCUT2D eigenvalue weighted by atomic mass is 9.95. The third-order valence-corrected chi connectivity index (χ3v) is 18.1. The Bertz CT molecular complexity index is 1900. The summed E-state index contributed by atoms with van der Waals surface area (Å²) >= 11 is 0. The van der Waals surface area contributed by atoms with E-state index in [1.807, 2.05) is 0 Å². The van der Waals surface area contributed by atoms with Gasteiger partial charge in [-0.25, -0.2) is 9.13 Å². The molecule has 0 aromatic heterocycles. The van der Waals surface area contributed by atoms with Crippen molar-refractivity contribution in [3.05, 3.63) is 12.2 Å². The van der Waals surface area contributed by atoms with Crippen LogP contribution in [0.25, 0.3) is 0 Å². The van der Waals surface area contributed by atoms with Crippen LogP contribution in [0.4, 0.5) is 0 Å². The Labute approximate surface area is 547 Å². The highest BCUT2D eigenvalue weighted by Gasteiger charge is 2.54. The molecule has 22 nitrogen and oxygen atoms in total. The van der Waals surface area contributed by atoms with Crippen molar-refractivity contribution >= 4 is 27.5 Å². The molecule has 2 aliphatic heterocycles. The van der Waals surface area contributed by atoms with Crippen molar-refractivity contribution in [2.75, 3.05) is 33.5 Å². The van der Waals surface area contributed by atoms with E-state index in [9.17, 15) is 58.7 Å². The molecule has 2 rings (SSSR count). The number of aliphatic hydroxyl groups excluding tert-OH is 4. The molecule has 0 aliphatic carbocycles. The summed E-state index contributed by atoms with van der Waals surface area (Å²) in [5, 5.41) is 48.1. The third-order valence-electron chi connectivity index (χ3n) is 17.1. The van der Waals surface area contributed by atoms with Gasteiger partial charge in [0.2, 0.25) is 5.91 Å². The van der Waals surface area contributed by atoms with Crippen LogP contribution in [0.5, 0.6) is 0 Å². The lowest BCUT2D eigenvalue weighted by Crippen LogP contribution is -2.67. The molecule has 0 aromatic rings. The number of hydrogen-bond donors (Lipinski definition) is 9. The number of ether oxygens (including phenoxy) is 7. The molecule has 2 saturated heterocycles. The maximum atomic E-state index is 14.1. The minimum atomic E-state index is -5.44. The van der Waals surface area contributed by atoms with Crippen molar-refractivity contribution in [2.45, 2.75) is 371 Å². The first-order valence-corrected chi connectivity index (χ1v) is 38.8. The van der Waals surface area contributed by atoms with Crippen molar-refractivity contribution in [1.82, 2.24) is 5.32 Å². The van der Waals surface area contributed by atoms with Gasteiger partial charge in [-0.05, 0) is 57.8 Å². The predicted octanol–water partition coefficient (Wildman–Crippen LogP) is 12.9. The summed E-state index contributed by atoms with van der Waals surface area (Å²) in [4.78, 5) is 69.1. The van der Waals surface area contributed by atoms with Crippen LogP contribution in [-0.4, -0.2) is 165 Å². The summed E-state index contributed by atoms with van der Waals surface area (Å²) in [6.07, 6.45) is 23.4. The van der Waals surface area contributed by atoms with Gasteiger partial charge in [-0.3, -0.25) is 18.6 Å². The third kappa shape index (κ3) is 42.7. The van der Waals surface area contributed by atoms with Gasteiger partial charge in [0.25, 0.3) is 0 Å². The van der Waals surface area contributed by atoms with Gasteiger partial charge in [0, 0.05) is 20.3 Å². The topological polar surface area (TPSA) is 325 Å². The summed E-state index contributed by atoms with van der Waals surface area (Å²) in [6.45, 7) is 7.53. The molecule has 0 spiro atoms. The smallest absolute Gasteiger partial charge is 0.457 e. The molecule has 0 aromatic carbocycles. The van der Waals surface area contributed by atoms with Gasteiger partial charge in [0.1, 0.15) is 42.7 Å². The average Bonchev–Trinajstić information content (AvgIpc) is 1.13. The molecule has 0 saturated carbocycles. The number of nitrogens with one attached hydrogen (secondary N) is 1. The number of methoxy groups -OCH3 is 1. The second-order valence-corrected chi connectivity index (χ2v) is 28.0. The molecule has 24 heteroatoms. The highest BCUT2D eigenvalue weighted by Crippen LogP contribution is 2.44. The molecule has 91 heavy (non-hydrogen) atoms. The standard InChI is InChI=1S/C67H129NO21P2/c1-6-10-14-18-21-24-26-27-28-30-33-37-41-44-54(70)49-58(72)68-60-63(87-59(73)50-55(71)45-40-35-17-13-9-4)62(88-90(75,76)77)57(51-81-5)86-66(60)84-52-56-61(74)64(82-47-42-38-34-31-25-22-19-15-11-7-2)65(67(85-56)89-91(78,79)80)83-48-46-53(69)43-39-36-32-29-23-20-16-12-8-3/h24,26,53-57,60-67,69-71,74H,6-23,25,27-52H2,1-5H3,(H,68,72)(H2,75,76,77)(H2,78,79,80)/b26-24+/t53-,54-,55-,56-,57-,60-,61-,62-,63-,64+,65-,66-,67+/m1/s1. The molecular weight excluding hydrogens is 1220 g/mol. The number of unbranched alkanes of at least 4 members (excludes halogenated alkanes) is 30. The number of carbonyl (C=O) groups is 2. The van der Waals surface area contributed by atoms with Crippen molar-refractivity contribution in [1.29, 1.82) is 0 Å². The number of phosphoric acid groups is 2. The predicted molar refractivity (Wildman–Crippen MR) is 352 cm³/mol. The van der Waals surface area contributed by atoms with Crippen LogP contribution in [-0.2, 0) is 60.9 Å². The van der Waals surface area contributed by atoms with E-state index < -0.39 is 133 Å². The molecule has 2 fully saturated rings. The van der Waals surface area contributed by atoms with Gasteiger partial charge in [-0.1, -0.05) is 232 Å². The van der Waals surface area contributed by atoms with Crippen molar-refractivity contribution in [2.24, 2.45) is 0 Å². The van der Waals surface area contributed by atoms with E-state index in [4.69, 9.17) is 42.2 Å². The van der Waals surface area contributed by atoms with Crippen LogP contribution in [0.2, 0.25) is 0 Å². The van der Waals surface area contributed by atoms with E-state index in [-0.39, 0.29) is 32.5 Å². The SMILES string of the molecule is CCCCCC/C=C/CCCCCCC[C@@H](O)CC(=O)N[C@H]1[C@H](OC[C@H]2O[C@@H](OP(=O)(O)O)[C@H](OCC[C@H](O)CCCCCCCCCCC)[C@@H](OCCCCCCCCCCCC)[C@@H]2O)O[C@H](COC)[C@@H](OP(=O)(O)O)[C@@H]1OC(=O)C[C@H](O)CCCCCCC. The summed E-state index contributed by atoms with van der Waals surface area (Å²) in [6, 6.07) is -1.67. The van der Waals surface area contributed by atoms with E-state index in [1.165, 1.54) is 90.6 Å². The quantitative estimate of drug-likeness (QED) is 0.0118. The maximum Gasteiger partial charge on any atom is 0.472 e. The monoisotopic (exact) mass is 1350 g/mol. The maximum absolute atomic E-state index is 14.1. The Morgan fingerprint density at radius 3 is 1.38 bits per heavy atom. The van der Waals surface area contributed by atoms with Gasteiger partial charge in [-0.15, -0.1) is 0 Å². The second-order valence-electron chi connectivity index (χ2n) is 25.6. The van der Waals surface area contributed by atoms with Crippen LogP contribution >= 0.6 is 15.6 Å². The fraction of sp³-hybridized carbons (Fsp3) is 0.940. The summed E-state index contributed by atoms with van der Waals surface area (Å²) in [5.74, 6) is -1.79. The molecular formula is C67H129NO21P2. The zero-order valence-corrected chi connectivity index (χ0v) is 58.5. The minimum Gasteiger partial charge on any atom is -0.457 e. The van der Waals surface area contributed by atoms with Crippen molar-refractivity contribution in [3.63, 3.8) is 0 Å². The van der Waals surface area contributed by atoms with Crippen LogP contribution in [0.3, 0.4) is 0 Å². The van der Waals surface area contributed by atoms with E-state index in [2.05, 4.69) is 45.2 Å². The first-order chi connectivity index (χ1) is 43.8. The lowest BCUT2D eigenvalue weighted by molar-refractivity contribution is -0.318.